The summed E-state index contributed by atoms with van der Waals surface area (Å²) in [6.45, 7) is 0. The SMILES string of the molecule is COc1cc(-c2nc3ccccc3[nH]2)c(F)c(C(F)(F)F)c1. The number of aromatic amines is 1. The molecule has 0 atom stereocenters. The Hall–Kier alpha value is -2.57. The van der Waals surface area contributed by atoms with E-state index in [0.717, 1.165) is 0 Å². The standard InChI is InChI=1S/C15H10F4N2O/c1-22-8-6-9(13(16)10(7-8)15(17,18)19)14-20-11-4-2-3-5-12(11)21-14/h2-7H,1H3,(H,20,21). The molecule has 1 aromatic heterocycles. The van der Waals surface area contributed by atoms with Crippen molar-refractivity contribution < 1.29 is 22.3 Å². The summed E-state index contributed by atoms with van der Waals surface area (Å²) in [6, 6.07) is 8.67. The maximum atomic E-state index is 14.3. The first-order valence-corrected chi connectivity index (χ1v) is 6.30. The lowest BCUT2D eigenvalue weighted by Crippen LogP contribution is -2.09. The first-order valence-electron chi connectivity index (χ1n) is 6.30. The summed E-state index contributed by atoms with van der Waals surface area (Å²) < 4.78 is 57.9. The highest BCUT2D eigenvalue weighted by atomic mass is 19.4. The molecule has 0 amide bonds. The number of fused-ring (bicyclic) bond motifs is 1. The molecular weight excluding hydrogens is 300 g/mol. The van der Waals surface area contributed by atoms with E-state index in [4.69, 9.17) is 4.74 Å². The molecule has 1 N–H and O–H groups in total. The van der Waals surface area contributed by atoms with E-state index < -0.39 is 17.6 Å². The van der Waals surface area contributed by atoms with Crippen LogP contribution in [0.5, 0.6) is 5.75 Å². The fourth-order valence-electron chi connectivity index (χ4n) is 2.17. The van der Waals surface area contributed by atoms with Crippen molar-refractivity contribution in [2.45, 2.75) is 6.18 Å². The second-order valence-corrected chi connectivity index (χ2v) is 4.64. The molecule has 7 heteroatoms. The maximum Gasteiger partial charge on any atom is 0.419 e. The van der Waals surface area contributed by atoms with Gasteiger partial charge in [0.05, 0.1) is 29.3 Å². The third kappa shape index (κ3) is 2.38. The molecule has 1 heterocycles. The molecular formula is C15H10F4N2O. The minimum atomic E-state index is -4.82. The van der Waals surface area contributed by atoms with Crippen molar-refractivity contribution in [3.8, 4) is 17.1 Å². The third-order valence-corrected chi connectivity index (χ3v) is 3.23. The first kappa shape index (κ1) is 14.4. The molecule has 0 bridgehead atoms. The molecule has 0 radical (unpaired) electrons. The zero-order valence-corrected chi connectivity index (χ0v) is 11.3. The van der Waals surface area contributed by atoms with Crippen LogP contribution in [0.2, 0.25) is 0 Å². The Kier molecular flexibility index (Phi) is 3.27. The van der Waals surface area contributed by atoms with Crippen LogP contribution in [-0.4, -0.2) is 17.1 Å². The maximum absolute atomic E-state index is 14.3. The molecule has 0 unspecified atom stereocenters. The smallest absolute Gasteiger partial charge is 0.419 e. The predicted octanol–water partition coefficient (Wildman–Crippen LogP) is 4.40. The quantitative estimate of drug-likeness (QED) is 0.713. The Morgan fingerprint density at radius 1 is 1.14 bits per heavy atom. The van der Waals surface area contributed by atoms with Gasteiger partial charge in [-0.1, -0.05) is 12.1 Å². The van der Waals surface area contributed by atoms with Crippen molar-refractivity contribution in [2.75, 3.05) is 7.11 Å². The number of rotatable bonds is 2. The van der Waals surface area contributed by atoms with E-state index >= 15 is 0 Å². The van der Waals surface area contributed by atoms with Gasteiger partial charge in [0.15, 0.2) is 0 Å². The normalized spacial score (nSPS) is 11.9. The van der Waals surface area contributed by atoms with E-state index in [1.807, 2.05) is 0 Å². The summed E-state index contributed by atoms with van der Waals surface area (Å²) in [5.41, 5.74) is -0.535. The summed E-state index contributed by atoms with van der Waals surface area (Å²) in [5, 5.41) is 0. The number of ether oxygens (including phenoxy) is 1. The van der Waals surface area contributed by atoms with Crippen molar-refractivity contribution >= 4 is 11.0 Å². The van der Waals surface area contributed by atoms with Gasteiger partial charge in [-0.25, -0.2) is 9.37 Å². The molecule has 3 aromatic rings. The molecule has 0 aliphatic heterocycles. The topological polar surface area (TPSA) is 37.9 Å². The summed E-state index contributed by atoms with van der Waals surface area (Å²) in [4.78, 5) is 6.93. The molecule has 0 saturated heterocycles. The van der Waals surface area contributed by atoms with Gasteiger partial charge in [0.1, 0.15) is 17.4 Å². The zero-order chi connectivity index (χ0) is 15.9. The summed E-state index contributed by atoms with van der Waals surface area (Å²) in [7, 11) is 1.22. The average Bonchev–Trinajstić information content (AvgIpc) is 2.90. The minimum absolute atomic E-state index is 0.0168. The number of hydrogen-bond donors (Lipinski definition) is 1. The molecule has 0 aliphatic carbocycles. The number of para-hydroxylation sites is 2. The van der Waals surface area contributed by atoms with E-state index in [0.29, 0.717) is 17.1 Å². The minimum Gasteiger partial charge on any atom is -0.497 e. The highest BCUT2D eigenvalue weighted by Gasteiger charge is 2.36. The third-order valence-electron chi connectivity index (χ3n) is 3.23. The highest BCUT2D eigenvalue weighted by molar-refractivity contribution is 5.79. The van der Waals surface area contributed by atoms with Crippen LogP contribution < -0.4 is 4.74 Å². The van der Waals surface area contributed by atoms with Crippen molar-refractivity contribution in [2.24, 2.45) is 0 Å². The van der Waals surface area contributed by atoms with Crippen LogP contribution in [0.1, 0.15) is 5.56 Å². The summed E-state index contributed by atoms with van der Waals surface area (Å²) in [5.74, 6) is -1.46. The lowest BCUT2D eigenvalue weighted by Gasteiger charge is -2.12. The molecule has 3 nitrogen and oxygen atoms in total. The second kappa shape index (κ2) is 5.01. The lowest BCUT2D eigenvalue weighted by molar-refractivity contribution is -0.140. The fraction of sp³-hybridized carbons (Fsp3) is 0.133. The molecule has 0 spiro atoms. The van der Waals surface area contributed by atoms with Crippen molar-refractivity contribution in [3.05, 3.63) is 47.8 Å². The van der Waals surface area contributed by atoms with Gasteiger partial charge in [0.2, 0.25) is 0 Å². The highest BCUT2D eigenvalue weighted by Crippen LogP contribution is 2.38. The first-order chi connectivity index (χ1) is 10.4. The monoisotopic (exact) mass is 310 g/mol. The fourth-order valence-corrected chi connectivity index (χ4v) is 2.17. The van der Waals surface area contributed by atoms with Gasteiger partial charge in [-0.2, -0.15) is 13.2 Å². The number of benzene rings is 2. The van der Waals surface area contributed by atoms with Crippen LogP contribution in [0.15, 0.2) is 36.4 Å². The molecule has 0 saturated carbocycles. The average molecular weight is 310 g/mol. The Labute approximate surface area is 122 Å². The number of hydrogen-bond acceptors (Lipinski definition) is 2. The summed E-state index contributed by atoms with van der Waals surface area (Å²) in [6.07, 6.45) is -4.82. The predicted molar refractivity (Wildman–Crippen MR) is 73.0 cm³/mol. The van der Waals surface area contributed by atoms with Crippen molar-refractivity contribution in [1.29, 1.82) is 0 Å². The van der Waals surface area contributed by atoms with Gasteiger partial charge in [0, 0.05) is 0 Å². The van der Waals surface area contributed by atoms with Gasteiger partial charge in [-0.15, -0.1) is 0 Å². The van der Waals surface area contributed by atoms with Crippen LogP contribution in [0, 0.1) is 5.82 Å². The van der Waals surface area contributed by atoms with Gasteiger partial charge >= 0.3 is 6.18 Å². The molecule has 114 valence electrons. The molecule has 0 fully saturated rings. The van der Waals surface area contributed by atoms with E-state index in [-0.39, 0.29) is 17.1 Å². The summed E-state index contributed by atoms with van der Waals surface area (Å²) >= 11 is 0. The number of H-pyrrole nitrogens is 1. The lowest BCUT2D eigenvalue weighted by atomic mass is 10.1. The second-order valence-electron chi connectivity index (χ2n) is 4.64. The van der Waals surface area contributed by atoms with E-state index in [1.165, 1.54) is 13.2 Å². The van der Waals surface area contributed by atoms with E-state index in [2.05, 4.69) is 9.97 Å². The van der Waals surface area contributed by atoms with Gasteiger partial charge in [-0.05, 0) is 24.3 Å². The molecule has 22 heavy (non-hydrogen) atoms. The number of nitrogens with zero attached hydrogens (tertiary/aromatic N) is 1. The van der Waals surface area contributed by atoms with Crippen LogP contribution in [-0.2, 0) is 6.18 Å². The largest absolute Gasteiger partial charge is 0.497 e. The molecule has 2 aromatic carbocycles. The van der Waals surface area contributed by atoms with E-state index in [1.54, 1.807) is 24.3 Å². The number of imidazole rings is 1. The van der Waals surface area contributed by atoms with Crippen LogP contribution >= 0.6 is 0 Å². The number of methoxy groups -OCH3 is 1. The van der Waals surface area contributed by atoms with Gasteiger partial charge < -0.3 is 9.72 Å². The Balaban J connectivity index is 2.25. The van der Waals surface area contributed by atoms with Gasteiger partial charge in [-0.3, -0.25) is 0 Å². The number of alkyl halides is 3. The van der Waals surface area contributed by atoms with E-state index in [9.17, 15) is 17.6 Å². The van der Waals surface area contributed by atoms with Crippen LogP contribution in [0.4, 0.5) is 17.6 Å². The van der Waals surface area contributed by atoms with Crippen LogP contribution in [0.3, 0.4) is 0 Å². The Morgan fingerprint density at radius 3 is 2.50 bits per heavy atom. The Bertz CT molecular complexity index is 806. The van der Waals surface area contributed by atoms with Crippen LogP contribution in [0.25, 0.3) is 22.4 Å². The zero-order valence-electron chi connectivity index (χ0n) is 11.3. The number of nitrogens with one attached hydrogen (secondary N) is 1. The van der Waals surface area contributed by atoms with Gasteiger partial charge in [0.25, 0.3) is 0 Å². The van der Waals surface area contributed by atoms with Crippen molar-refractivity contribution in [1.82, 2.24) is 9.97 Å². The van der Waals surface area contributed by atoms with Crippen molar-refractivity contribution in [3.63, 3.8) is 0 Å². The molecule has 0 aliphatic rings. The number of halogens is 4. The molecule has 3 rings (SSSR count). The Morgan fingerprint density at radius 2 is 1.86 bits per heavy atom. The number of aromatic nitrogens is 2.